The summed E-state index contributed by atoms with van der Waals surface area (Å²) in [5, 5.41) is 2.17. The largest absolute Gasteiger partial charge is 0.339 e. The van der Waals surface area contributed by atoms with Crippen LogP contribution in [0.1, 0.15) is 53.1 Å². The lowest BCUT2D eigenvalue weighted by molar-refractivity contribution is 0.0793. The number of hydrogen-bond acceptors (Lipinski definition) is 3. The molecule has 3 rings (SSSR count). The molecule has 0 unspecified atom stereocenters. The number of carbonyl (C=O) groups excluding carboxylic acids is 1. The first-order valence-corrected chi connectivity index (χ1v) is 10.1. The number of aryl methyl sites for hydroxylation is 1. The molecule has 1 aromatic carbocycles. The number of benzene rings is 1. The maximum Gasteiger partial charge on any atom is 0.253 e. The van der Waals surface area contributed by atoms with E-state index in [4.69, 9.17) is 0 Å². The van der Waals surface area contributed by atoms with Gasteiger partial charge in [0.05, 0.1) is 0 Å². The Bertz CT molecular complexity index is 699. The molecule has 1 aliphatic heterocycles. The number of amides is 1. The Morgan fingerprint density at radius 1 is 1.12 bits per heavy atom. The molecule has 0 atom stereocenters. The van der Waals surface area contributed by atoms with Crippen molar-refractivity contribution in [1.29, 1.82) is 0 Å². The molecule has 0 saturated carbocycles. The fraction of sp³-hybridized carbons (Fsp3) is 0.476. The first-order valence-electron chi connectivity index (χ1n) is 9.20. The smallest absolute Gasteiger partial charge is 0.253 e. The molecule has 134 valence electrons. The highest BCUT2D eigenvalue weighted by Gasteiger charge is 2.19. The molecular formula is C21H28N2OS. The van der Waals surface area contributed by atoms with Gasteiger partial charge in [-0.25, -0.2) is 0 Å². The Kier molecular flexibility index (Phi) is 5.92. The molecule has 0 aliphatic carbocycles. The Labute approximate surface area is 155 Å². The van der Waals surface area contributed by atoms with Crippen LogP contribution in [0.2, 0.25) is 0 Å². The van der Waals surface area contributed by atoms with Gasteiger partial charge in [0.2, 0.25) is 0 Å². The quantitative estimate of drug-likeness (QED) is 0.749. The summed E-state index contributed by atoms with van der Waals surface area (Å²) in [7, 11) is 0. The van der Waals surface area contributed by atoms with E-state index in [9.17, 15) is 4.79 Å². The van der Waals surface area contributed by atoms with Gasteiger partial charge in [0.25, 0.3) is 5.91 Å². The zero-order valence-corrected chi connectivity index (χ0v) is 16.3. The molecule has 25 heavy (non-hydrogen) atoms. The van der Waals surface area contributed by atoms with E-state index in [0.29, 0.717) is 6.04 Å². The minimum atomic E-state index is 0.180. The van der Waals surface area contributed by atoms with Gasteiger partial charge in [0, 0.05) is 42.7 Å². The van der Waals surface area contributed by atoms with Crippen molar-refractivity contribution in [1.82, 2.24) is 9.80 Å². The summed E-state index contributed by atoms with van der Waals surface area (Å²) in [6, 6.07) is 10.9. The van der Waals surface area contributed by atoms with Crippen molar-refractivity contribution in [2.75, 3.05) is 13.1 Å². The molecule has 1 fully saturated rings. The van der Waals surface area contributed by atoms with Crippen LogP contribution in [0.25, 0.3) is 0 Å². The molecule has 1 amide bonds. The highest BCUT2D eigenvalue weighted by Crippen LogP contribution is 2.21. The number of thiophene rings is 1. The normalized spacial score (nSPS) is 14.7. The summed E-state index contributed by atoms with van der Waals surface area (Å²) in [5.74, 6) is 0.180. The van der Waals surface area contributed by atoms with E-state index in [1.54, 1.807) is 0 Å². The van der Waals surface area contributed by atoms with Gasteiger partial charge in [0.1, 0.15) is 0 Å². The number of nitrogens with zero attached hydrogens (tertiary/aromatic N) is 2. The van der Waals surface area contributed by atoms with Crippen LogP contribution in [0.3, 0.4) is 0 Å². The Morgan fingerprint density at radius 2 is 1.80 bits per heavy atom. The summed E-state index contributed by atoms with van der Waals surface area (Å²) in [6.07, 6.45) is 2.27. The third kappa shape index (κ3) is 4.50. The van der Waals surface area contributed by atoms with E-state index in [2.05, 4.69) is 49.3 Å². The van der Waals surface area contributed by atoms with Crippen LogP contribution < -0.4 is 0 Å². The summed E-state index contributed by atoms with van der Waals surface area (Å²) in [6.45, 7) is 10.4. The number of carbonyl (C=O) groups is 1. The lowest BCUT2D eigenvalue weighted by Gasteiger charge is -2.26. The monoisotopic (exact) mass is 356 g/mol. The van der Waals surface area contributed by atoms with Crippen molar-refractivity contribution < 1.29 is 4.79 Å². The molecule has 2 heterocycles. The maximum atomic E-state index is 12.5. The molecule has 0 radical (unpaired) electrons. The zero-order valence-electron chi connectivity index (χ0n) is 15.5. The van der Waals surface area contributed by atoms with Crippen molar-refractivity contribution >= 4 is 17.2 Å². The molecule has 0 N–H and O–H groups in total. The molecule has 4 heteroatoms. The molecule has 3 nitrogen and oxygen atoms in total. The van der Waals surface area contributed by atoms with E-state index >= 15 is 0 Å². The Morgan fingerprint density at radius 3 is 2.36 bits per heavy atom. The zero-order chi connectivity index (χ0) is 17.8. The minimum absolute atomic E-state index is 0.180. The van der Waals surface area contributed by atoms with Crippen molar-refractivity contribution in [3.8, 4) is 0 Å². The second-order valence-electron chi connectivity index (χ2n) is 7.22. The average Bonchev–Trinajstić information content (AvgIpc) is 3.26. The van der Waals surface area contributed by atoms with Crippen LogP contribution in [-0.4, -0.2) is 34.8 Å². The van der Waals surface area contributed by atoms with Crippen molar-refractivity contribution in [2.45, 2.75) is 52.7 Å². The van der Waals surface area contributed by atoms with Gasteiger partial charge in [0.15, 0.2) is 0 Å². The molecule has 1 aromatic heterocycles. The maximum absolute atomic E-state index is 12.5. The van der Waals surface area contributed by atoms with E-state index in [0.717, 1.165) is 44.6 Å². The SMILES string of the molecule is Cc1ccsc1CN(Cc1ccc(C(=O)N2CCCC2)cc1)C(C)C. The van der Waals surface area contributed by atoms with Crippen molar-refractivity contribution in [2.24, 2.45) is 0 Å². The van der Waals surface area contributed by atoms with Gasteiger partial charge < -0.3 is 4.90 Å². The molecular weight excluding hydrogens is 328 g/mol. The Balaban J connectivity index is 1.66. The Hall–Kier alpha value is -1.65. The average molecular weight is 357 g/mol. The van der Waals surface area contributed by atoms with E-state index in [-0.39, 0.29) is 5.91 Å². The lowest BCUT2D eigenvalue weighted by atomic mass is 10.1. The van der Waals surface area contributed by atoms with Crippen LogP contribution in [0.4, 0.5) is 0 Å². The predicted molar refractivity (Wildman–Crippen MR) is 105 cm³/mol. The highest BCUT2D eigenvalue weighted by molar-refractivity contribution is 7.10. The van der Waals surface area contributed by atoms with Crippen molar-refractivity contribution in [3.63, 3.8) is 0 Å². The van der Waals surface area contributed by atoms with Gasteiger partial charge in [-0.05, 0) is 68.3 Å². The van der Waals surface area contributed by atoms with Gasteiger partial charge in [-0.2, -0.15) is 0 Å². The number of rotatable bonds is 6. The first kappa shape index (κ1) is 18.2. The first-order chi connectivity index (χ1) is 12.0. The summed E-state index contributed by atoms with van der Waals surface area (Å²) < 4.78 is 0. The van der Waals surface area contributed by atoms with Gasteiger partial charge in [-0.1, -0.05) is 12.1 Å². The fourth-order valence-corrected chi connectivity index (χ4v) is 4.19. The number of likely N-dealkylation sites (tertiary alicyclic amines) is 1. The summed E-state index contributed by atoms with van der Waals surface area (Å²) in [4.78, 5) is 18.3. The van der Waals surface area contributed by atoms with Crippen LogP contribution in [0.15, 0.2) is 35.7 Å². The lowest BCUT2D eigenvalue weighted by Crippen LogP contribution is -2.30. The van der Waals surface area contributed by atoms with Gasteiger partial charge >= 0.3 is 0 Å². The van der Waals surface area contributed by atoms with E-state index in [1.807, 2.05) is 28.4 Å². The fourth-order valence-electron chi connectivity index (χ4n) is 3.26. The van der Waals surface area contributed by atoms with Gasteiger partial charge in [-0.3, -0.25) is 9.69 Å². The third-order valence-corrected chi connectivity index (χ3v) is 6.03. The van der Waals surface area contributed by atoms with Crippen LogP contribution >= 0.6 is 11.3 Å². The second-order valence-corrected chi connectivity index (χ2v) is 8.22. The molecule has 1 saturated heterocycles. The molecule has 2 aromatic rings. The highest BCUT2D eigenvalue weighted by atomic mass is 32.1. The molecule has 0 spiro atoms. The number of hydrogen-bond donors (Lipinski definition) is 0. The standard InChI is InChI=1S/C21H28N2OS/c1-16(2)23(15-20-17(3)10-13-25-20)14-18-6-8-19(9-7-18)21(24)22-11-4-5-12-22/h6-10,13,16H,4-5,11-12,14-15H2,1-3H3. The second kappa shape index (κ2) is 8.15. The van der Waals surface area contributed by atoms with Gasteiger partial charge in [-0.15, -0.1) is 11.3 Å². The van der Waals surface area contributed by atoms with E-state index in [1.165, 1.54) is 16.0 Å². The van der Waals surface area contributed by atoms with Crippen molar-refractivity contribution in [3.05, 3.63) is 57.3 Å². The van der Waals surface area contributed by atoms with E-state index < -0.39 is 0 Å². The third-order valence-electron chi connectivity index (χ3n) is 5.02. The molecule has 0 bridgehead atoms. The van der Waals surface area contributed by atoms with Crippen LogP contribution in [0, 0.1) is 6.92 Å². The summed E-state index contributed by atoms with van der Waals surface area (Å²) in [5.41, 5.74) is 3.46. The predicted octanol–water partition coefficient (Wildman–Crippen LogP) is 4.70. The minimum Gasteiger partial charge on any atom is -0.339 e. The van der Waals surface area contributed by atoms with Crippen LogP contribution in [0.5, 0.6) is 0 Å². The molecule has 1 aliphatic rings. The summed E-state index contributed by atoms with van der Waals surface area (Å²) >= 11 is 1.83. The topological polar surface area (TPSA) is 23.6 Å². The van der Waals surface area contributed by atoms with Crippen LogP contribution in [-0.2, 0) is 13.1 Å².